The standard InChI is InChI=1S/C62H77N7O14S4/c1-60(2)48-41-45(86(78,79)80)24-27-52(48)67(54(60)20-18-21-55-61(3,4)49-42-46(87(81,82)83)25-28-53(49)68(55)36-16-17-38-84(73,74)75)35-14-8-12-32-64-56(70)22-11-7-10-19-43-31-34-63-51(39-43)59-62(5,6)47-40-44(23-26-50(47)66-59)85(76,77)65-33-13-9-15-37-69-57(71)29-30-58(69)72/h18,20-21,23-31,34,39-42,65H,7-17,19,22,32-33,35-38H2,1-6H3,(H3-,64,70,73,74,75,78,79,80,81,82,83)/p+1. The van der Waals surface area contributed by atoms with Crippen molar-refractivity contribution in [2.45, 2.75) is 156 Å². The van der Waals surface area contributed by atoms with E-state index in [1.165, 1.54) is 41.3 Å². The van der Waals surface area contributed by atoms with Gasteiger partial charge in [0.25, 0.3) is 42.2 Å². The Bertz CT molecular complexity index is 3960. The predicted molar refractivity (Wildman–Crippen MR) is 332 cm³/mol. The maximum atomic E-state index is 13.4. The third kappa shape index (κ3) is 15.6. The molecule has 0 bridgehead atoms. The van der Waals surface area contributed by atoms with Gasteiger partial charge in [-0.15, -0.1) is 0 Å². The fraction of sp³-hybridized carbons (Fsp3) is 0.452. The Kier molecular flexibility index (Phi) is 20.3. The van der Waals surface area contributed by atoms with E-state index in [1.807, 2.05) is 76.8 Å². The molecule has 0 atom stereocenters. The van der Waals surface area contributed by atoms with Crippen LogP contribution in [0.15, 0.2) is 129 Å². The number of nitrogens with zero attached hydrogens (tertiary/aromatic N) is 5. The molecule has 468 valence electrons. The van der Waals surface area contributed by atoms with Gasteiger partial charge in [0.05, 0.1) is 42.9 Å². The van der Waals surface area contributed by atoms with Crippen LogP contribution in [0.5, 0.6) is 0 Å². The highest BCUT2D eigenvalue weighted by molar-refractivity contribution is 7.89. The van der Waals surface area contributed by atoms with Crippen molar-refractivity contribution in [3.8, 4) is 0 Å². The smallest absolute Gasteiger partial charge is 0.294 e. The van der Waals surface area contributed by atoms with E-state index in [9.17, 15) is 61.7 Å². The first-order chi connectivity index (χ1) is 40.8. The van der Waals surface area contributed by atoms with Crippen LogP contribution in [0.2, 0.25) is 0 Å². The number of rotatable bonds is 30. The third-order valence-electron chi connectivity index (χ3n) is 16.7. The van der Waals surface area contributed by atoms with Gasteiger partial charge in [0.15, 0.2) is 5.71 Å². The van der Waals surface area contributed by atoms with Crippen molar-refractivity contribution in [2.24, 2.45) is 4.99 Å². The molecule has 0 aliphatic carbocycles. The number of sulfonamides is 1. The predicted octanol–water partition coefficient (Wildman–Crippen LogP) is 8.73. The van der Waals surface area contributed by atoms with Crippen LogP contribution in [0, 0.1) is 0 Å². The molecule has 5 heterocycles. The summed E-state index contributed by atoms with van der Waals surface area (Å²) in [5, 5.41) is 3.05. The van der Waals surface area contributed by atoms with Crippen LogP contribution in [0.4, 0.5) is 17.1 Å². The van der Waals surface area contributed by atoms with Crippen LogP contribution >= 0.6 is 0 Å². The quantitative estimate of drug-likeness (QED) is 0.0141. The van der Waals surface area contributed by atoms with Crippen molar-refractivity contribution in [3.05, 3.63) is 137 Å². The lowest BCUT2D eigenvalue weighted by Gasteiger charge is -2.27. The van der Waals surface area contributed by atoms with Gasteiger partial charge in [-0.05, 0) is 169 Å². The lowest BCUT2D eigenvalue weighted by molar-refractivity contribution is -0.438. The van der Waals surface area contributed by atoms with Gasteiger partial charge in [-0.25, -0.2) is 18.1 Å². The minimum Gasteiger partial charge on any atom is -0.356 e. The fourth-order valence-electron chi connectivity index (χ4n) is 11.9. The molecule has 0 unspecified atom stereocenters. The highest BCUT2D eigenvalue weighted by Crippen LogP contribution is 2.49. The summed E-state index contributed by atoms with van der Waals surface area (Å²) in [4.78, 5) is 48.9. The van der Waals surface area contributed by atoms with Crippen LogP contribution in [0.25, 0.3) is 0 Å². The number of hydrogen-bond acceptors (Lipinski definition) is 14. The molecular formula is C62H78N7O14S4+. The van der Waals surface area contributed by atoms with Gasteiger partial charge in [-0.1, -0.05) is 32.8 Å². The lowest BCUT2D eigenvalue weighted by atomic mass is 9.80. The third-order valence-corrected chi connectivity index (χ3v) is 20.7. The van der Waals surface area contributed by atoms with Gasteiger partial charge in [-0.3, -0.25) is 37.9 Å². The largest absolute Gasteiger partial charge is 0.356 e. The lowest BCUT2D eigenvalue weighted by Crippen LogP contribution is -2.31. The van der Waals surface area contributed by atoms with E-state index in [1.54, 1.807) is 36.5 Å². The Balaban J connectivity index is 0.816. The number of nitrogens with one attached hydrogen (secondary N) is 2. The maximum absolute atomic E-state index is 13.4. The van der Waals surface area contributed by atoms with Crippen molar-refractivity contribution < 1.29 is 66.3 Å². The number of allylic oxidation sites excluding steroid dienone is 4. The van der Waals surface area contributed by atoms with Gasteiger partial charge in [0.1, 0.15) is 6.54 Å². The zero-order valence-electron chi connectivity index (χ0n) is 50.0. The number of unbranched alkanes of at least 4 members (excludes halogenated alkanes) is 7. The molecule has 0 spiro atoms. The van der Waals surface area contributed by atoms with Crippen molar-refractivity contribution in [2.75, 3.05) is 43.4 Å². The number of aryl methyl sites for hydroxylation is 1. The average molecular weight is 1270 g/mol. The number of hydrogen-bond donors (Lipinski definition) is 5. The minimum absolute atomic E-state index is 0.0292. The second-order valence-corrected chi connectivity index (χ2v) is 30.2. The minimum atomic E-state index is -4.53. The van der Waals surface area contributed by atoms with Crippen molar-refractivity contribution in [1.29, 1.82) is 0 Å². The number of anilines is 1. The van der Waals surface area contributed by atoms with Gasteiger partial charge in [0, 0.05) is 97.3 Å². The summed E-state index contributed by atoms with van der Waals surface area (Å²) >= 11 is 0. The molecule has 1 aromatic heterocycles. The second-order valence-electron chi connectivity index (χ2n) is 24.1. The first-order valence-electron chi connectivity index (χ1n) is 29.3. The molecule has 0 saturated carbocycles. The number of aliphatic imine (C=N–C) groups is 1. The van der Waals surface area contributed by atoms with Gasteiger partial charge in [-0.2, -0.15) is 29.8 Å². The molecule has 4 aliphatic heterocycles. The Morgan fingerprint density at radius 1 is 0.632 bits per heavy atom. The number of fused-ring (bicyclic) bond motifs is 3. The van der Waals surface area contributed by atoms with Gasteiger partial charge < -0.3 is 10.2 Å². The monoisotopic (exact) mass is 1270 g/mol. The second kappa shape index (κ2) is 26.6. The first kappa shape index (κ1) is 66.4. The number of benzene rings is 3. The molecule has 4 aliphatic rings. The topological polar surface area (TPSA) is 307 Å². The summed E-state index contributed by atoms with van der Waals surface area (Å²) in [5.41, 5.74) is 6.18. The Morgan fingerprint density at radius 2 is 1.25 bits per heavy atom. The SMILES string of the molecule is CC1(C)C(c2cc(CCCCCC(=O)NCCCCC[N+]3=C(/C=C/C=C4/N(CCCCS(=O)(=O)O)c5ccc(S(=O)(=O)O)cc5C4(C)C)C(C)(C)c4cc(S(=O)(=O)O)ccc43)ccn2)=Nc2ccc(S(=O)(=O)NCCCCCN3C(=O)C=CC3=O)cc21. The number of amides is 3. The summed E-state index contributed by atoms with van der Waals surface area (Å²) in [5.74, 6) is -1.12. The molecule has 0 radical (unpaired) electrons. The molecule has 8 rings (SSSR count). The van der Waals surface area contributed by atoms with E-state index < -0.39 is 62.4 Å². The van der Waals surface area contributed by atoms with Gasteiger partial charge >= 0.3 is 0 Å². The molecule has 87 heavy (non-hydrogen) atoms. The number of carbonyl (C=O) groups is 3. The van der Waals surface area contributed by atoms with E-state index in [4.69, 9.17) is 4.99 Å². The molecule has 21 nitrogen and oxygen atoms in total. The van der Waals surface area contributed by atoms with E-state index in [2.05, 4.69) is 19.6 Å². The molecule has 0 fully saturated rings. The van der Waals surface area contributed by atoms with Crippen LogP contribution in [-0.4, -0.2) is 129 Å². The summed E-state index contributed by atoms with van der Waals surface area (Å²) in [6.45, 7) is 13.6. The Hall–Kier alpha value is -6.58. The first-order valence-corrected chi connectivity index (χ1v) is 35.3. The van der Waals surface area contributed by atoms with Crippen LogP contribution in [0.1, 0.15) is 147 Å². The highest BCUT2D eigenvalue weighted by Gasteiger charge is 2.46. The Morgan fingerprint density at radius 3 is 1.95 bits per heavy atom. The number of carbonyl (C=O) groups excluding carboxylic acids is 3. The van der Waals surface area contributed by atoms with Crippen molar-refractivity contribution in [3.63, 3.8) is 0 Å². The molecule has 3 aromatic carbocycles. The van der Waals surface area contributed by atoms with Crippen LogP contribution in [0.3, 0.4) is 0 Å². The molecule has 5 N–H and O–H groups in total. The molecular weight excluding hydrogens is 1190 g/mol. The van der Waals surface area contributed by atoms with E-state index in [0.717, 1.165) is 72.5 Å². The average Bonchev–Trinajstić information content (AvgIpc) is 1.64. The molecule has 3 amide bonds. The van der Waals surface area contributed by atoms with Crippen LogP contribution in [-0.2, 0) is 77.4 Å². The Labute approximate surface area is 511 Å². The number of pyridine rings is 1. The molecule has 0 saturated heterocycles. The maximum Gasteiger partial charge on any atom is 0.294 e. The van der Waals surface area contributed by atoms with E-state index in [-0.39, 0.29) is 45.4 Å². The normalized spacial score (nSPS) is 17.4. The van der Waals surface area contributed by atoms with E-state index in [0.29, 0.717) is 92.9 Å². The summed E-state index contributed by atoms with van der Waals surface area (Å²) in [6.07, 6.45) is 18.0. The summed E-state index contributed by atoms with van der Waals surface area (Å²) in [7, 11) is -17.1. The van der Waals surface area contributed by atoms with Crippen molar-refractivity contribution in [1.82, 2.24) is 19.9 Å². The zero-order valence-corrected chi connectivity index (χ0v) is 53.2. The number of aromatic nitrogens is 1. The zero-order chi connectivity index (χ0) is 63.3. The molecule has 25 heteroatoms. The van der Waals surface area contributed by atoms with Gasteiger partial charge in [0.2, 0.25) is 21.6 Å². The van der Waals surface area contributed by atoms with Crippen LogP contribution < -0.4 is 14.9 Å². The highest BCUT2D eigenvalue weighted by atomic mass is 32.2. The number of imide groups is 1. The summed E-state index contributed by atoms with van der Waals surface area (Å²) < 4.78 is 133. The summed E-state index contributed by atoms with van der Waals surface area (Å²) in [6, 6.07) is 17.8. The van der Waals surface area contributed by atoms with E-state index >= 15 is 0 Å². The van der Waals surface area contributed by atoms with Crippen molar-refractivity contribution >= 4 is 86.6 Å². The fourth-order valence-corrected chi connectivity index (χ4v) is 14.6. The molecule has 4 aromatic rings.